The number of nitrogens with one attached hydrogen (secondary N) is 1. The van der Waals surface area contributed by atoms with E-state index in [0.717, 1.165) is 11.4 Å². The summed E-state index contributed by atoms with van der Waals surface area (Å²) in [6, 6.07) is 9.02. The van der Waals surface area contributed by atoms with E-state index in [1.54, 1.807) is 24.8 Å². The van der Waals surface area contributed by atoms with Crippen molar-refractivity contribution in [3.05, 3.63) is 58.6 Å². The van der Waals surface area contributed by atoms with E-state index in [9.17, 15) is 4.79 Å². The van der Waals surface area contributed by atoms with Crippen molar-refractivity contribution in [2.75, 3.05) is 12.4 Å². The lowest BCUT2D eigenvalue weighted by Crippen LogP contribution is -2.13. The normalized spacial score (nSPS) is 11.0. The molecule has 0 atom stereocenters. The number of fused-ring (bicyclic) bond motifs is 1. The average molecular weight is 398 g/mol. The number of anilines is 1. The minimum Gasteiger partial charge on any atom is -0.497 e. The maximum Gasteiger partial charge on any atom is 0.260 e. The highest BCUT2D eigenvalue weighted by molar-refractivity contribution is 6.39. The molecule has 28 heavy (non-hydrogen) atoms. The molecule has 0 bridgehead atoms. The smallest absolute Gasteiger partial charge is 0.260 e. The molecule has 0 saturated heterocycles. The van der Waals surface area contributed by atoms with E-state index in [1.165, 1.54) is 6.20 Å². The first-order valence-corrected chi connectivity index (χ1v) is 8.78. The number of nitrogens with zero attached hydrogens (tertiary/aromatic N) is 4. The third-order valence-corrected chi connectivity index (χ3v) is 4.63. The molecule has 0 aliphatic heterocycles. The lowest BCUT2D eigenvalue weighted by atomic mass is 10.2. The number of pyridine rings is 1. The number of hydrogen-bond donors (Lipinski definition) is 1. The Bertz CT molecular complexity index is 1180. The summed E-state index contributed by atoms with van der Waals surface area (Å²) in [6.45, 7) is 3.55. The molecular formula is C19H16ClN5O3. The SMILES string of the molecule is COc1ccc(-n2nc(C)c3c(Cl)c(C(=O)Nc4cc(C)on4)cnc32)cc1. The zero-order chi connectivity index (χ0) is 19.8. The highest BCUT2D eigenvalue weighted by atomic mass is 35.5. The van der Waals surface area contributed by atoms with Crippen LogP contribution in [0.1, 0.15) is 21.8 Å². The number of amides is 1. The van der Waals surface area contributed by atoms with Crippen LogP contribution in [0.3, 0.4) is 0 Å². The molecule has 142 valence electrons. The molecule has 1 N–H and O–H groups in total. The number of methoxy groups -OCH3 is 1. The van der Waals surface area contributed by atoms with Crippen LogP contribution >= 0.6 is 11.6 Å². The Morgan fingerprint density at radius 3 is 2.64 bits per heavy atom. The zero-order valence-electron chi connectivity index (χ0n) is 15.4. The molecule has 0 saturated carbocycles. The number of carbonyl (C=O) groups is 1. The third kappa shape index (κ3) is 3.07. The average Bonchev–Trinajstić information content (AvgIpc) is 3.25. The second kappa shape index (κ2) is 6.97. The summed E-state index contributed by atoms with van der Waals surface area (Å²) in [7, 11) is 1.61. The Hall–Kier alpha value is -3.39. The van der Waals surface area contributed by atoms with Gasteiger partial charge >= 0.3 is 0 Å². The molecule has 1 aromatic carbocycles. The Morgan fingerprint density at radius 2 is 2.00 bits per heavy atom. The Balaban J connectivity index is 1.75. The van der Waals surface area contributed by atoms with Crippen molar-refractivity contribution in [3.63, 3.8) is 0 Å². The third-order valence-electron chi connectivity index (χ3n) is 4.24. The molecule has 0 spiro atoms. The summed E-state index contributed by atoms with van der Waals surface area (Å²) in [5.74, 6) is 1.21. The largest absolute Gasteiger partial charge is 0.497 e. The number of benzene rings is 1. The highest BCUT2D eigenvalue weighted by Gasteiger charge is 2.20. The van der Waals surface area contributed by atoms with Gasteiger partial charge in [-0.15, -0.1) is 0 Å². The summed E-state index contributed by atoms with van der Waals surface area (Å²) >= 11 is 6.54. The minimum atomic E-state index is -0.427. The summed E-state index contributed by atoms with van der Waals surface area (Å²) in [5, 5.41) is 11.8. The van der Waals surface area contributed by atoms with Crippen LogP contribution in [0.2, 0.25) is 5.02 Å². The van der Waals surface area contributed by atoms with Crippen LogP contribution in [0.4, 0.5) is 5.82 Å². The van der Waals surface area contributed by atoms with E-state index in [1.807, 2.05) is 31.2 Å². The molecule has 8 nitrogen and oxygen atoms in total. The number of aryl methyl sites for hydroxylation is 2. The predicted molar refractivity (Wildman–Crippen MR) is 104 cm³/mol. The fourth-order valence-corrected chi connectivity index (χ4v) is 3.23. The van der Waals surface area contributed by atoms with Crippen LogP contribution in [0.15, 0.2) is 41.1 Å². The van der Waals surface area contributed by atoms with Crippen molar-refractivity contribution in [2.24, 2.45) is 0 Å². The zero-order valence-corrected chi connectivity index (χ0v) is 16.1. The highest BCUT2D eigenvalue weighted by Crippen LogP contribution is 2.30. The van der Waals surface area contributed by atoms with Crippen molar-refractivity contribution in [1.82, 2.24) is 19.9 Å². The maximum absolute atomic E-state index is 12.6. The van der Waals surface area contributed by atoms with Crippen molar-refractivity contribution in [3.8, 4) is 11.4 Å². The van der Waals surface area contributed by atoms with E-state index >= 15 is 0 Å². The molecule has 9 heteroatoms. The number of hydrogen-bond acceptors (Lipinski definition) is 6. The quantitative estimate of drug-likeness (QED) is 0.560. The molecule has 0 unspecified atom stereocenters. The summed E-state index contributed by atoms with van der Waals surface area (Å²) in [4.78, 5) is 17.0. The Morgan fingerprint density at radius 1 is 1.25 bits per heavy atom. The lowest BCUT2D eigenvalue weighted by Gasteiger charge is -2.07. The van der Waals surface area contributed by atoms with Gasteiger partial charge in [0.2, 0.25) is 0 Å². The second-order valence-corrected chi connectivity index (χ2v) is 6.53. The van der Waals surface area contributed by atoms with Gasteiger partial charge in [-0.05, 0) is 38.1 Å². The second-order valence-electron chi connectivity index (χ2n) is 6.16. The van der Waals surface area contributed by atoms with Gasteiger partial charge in [-0.2, -0.15) is 5.10 Å². The monoisotopic (exact) mass is 397 g/mol. The number of aromatic nitrogens is 4. The van der Waals surface area contributed by atoms with E-state index in [-0.39, 0.29) is 10.6 Å². The molecule has 0 aliphatic carbocycles. The lowest BCUT2D eigenvalue weighted by molar-refractivity contribution is 0.102. The van der Waals surface area contributed by atoms with Crippen LogP contribution in [0.25, 0.3) is 16.7 Å². The van der Waals surface area contributed by atoms with E-state index in [4.69, 9.17) is 20.9 Å². The first kappa shape index (κ1) is 18.0. The standard InChI is InChI=1S/C19H16ClN5O3/c1-10-8-15(24-28-10)22-19(26)14-9-21-18-16(17(14)20)11(2)23-25(18)12-4-6-13(27-3)7-5-12/h4-9H,1-3H3,(H,22,24,26). The predicted octanol–water partition coefficient (Wildman–Crippen LogP) is 3.94. The molecule has 4 rings (SSSR count). The molecule has 3 heterocycles. The van der Waals surface area contributed by atoms with Crippen LogP contribution in [-0.4, -0.2) is 32.9 Å². The molecule has 0 radical (unpaired) electrons. The van der Waals surface area contributed by atoms with Gasteiger partial charge in [-0.3, -0.25) is 4.79 Å². The van der Waals surface area contributed by atoms with Crippen LogP contribution < -0.4 is 10.1 Å². The first-order chi connectivity index (χ1) is 13.5. The summed E-state index contributed by atoms with van der Waals surface area (Å²) in [6.07, 6.45) is 1.42. The van der Waals surface area contributed by atoms with Gasteiger partial charge < -0.3 is 14.6 Å². The van der Waals surface area contributed by atoms with Gasteiger partial charge in [0, 0.05) is 12.3 Å². The number of rotatable bonds is 4. The van der Waals surface area contributed by atoms with E-state index < -0.39 is 5.91 Å². The van der Waals surface area contributed by atoms with Crippen molar-refractivity contribution in [2.45, 2.75) is 13.8 Å². The first-order valence-electron chi connectivity index (χ1n) is 8.41. The van der Waals surface area contributed by atoms with Gasteiger partial charge in [0.15, 0.2) is 11.5 Å². The fraction of sp³-hybridized carbons (Fsp3) is 0.158. The molecule has 4 aromatic rings. The van der Waals surface area contributed by atoms with Gasteiger partial charge in [0.1, 0.15) is 11.5 Å². The maximum atomic E-state index is 12.6. The number of halogens is 1. The van der Waals surface area contributed by atoms with E-state index in [2.05, 4.69) is 20.6 Å². The summed E-state index contributed by atoms with van der Waals surface area (Å²) in [5.41, 5.74) is 2.25. The minimum absolute atomic E-state index is 0.229. The van der Waals surface area contributed by atoms with Crippen LogP contribution in [0, 0.1) is 13.8 Å². The Labute approximate surface area is 165 Å². The van der Waals surface area contributed by atoms with Crippen molar-refractivity contribution < 1.29 is 14.1 Å². The molecule has 0 fully saturated rings. The summed E-state index contributed by atoms with van der Waals surface area (Å²) < 4.78 is 11.8. The van der Waals surface area contributed by atoms with Crippen LogP contribution in [0.5, 0.6) is 5.75 Å². The molecule has 0 aliphatic rings. The van der Waals surface area contributed by atoms with Gasteiger partial charge in [0.05, 0.1) is 34.5 Å². The van der Waals surface area contributed by atoms with Crippen molar-refractivity contribution in [1.29, 1.82) is 0 Å². The van der Waals surface area contributed by atoms with Crippen molar-refractivity contribution >= 4 is 34.4 Å². The van der Waals surface area contributed by atoms with E-state index in [0.29, 0.717) is 28.3 Å². The fourth-order valence-electron chi connectivity index (χ4n) is 2.88. The topological polar surface area (TPSA) is 95.1 Å². The van der Waals surface area contributed by atoms with Gasteiger partial charge in [-0.1, -0.05) is 16.8 Å². The molecular weight excluding hydrogens is 382 g/mol. The molecule has 1 amide bonds. The molecule has 3 aromatic heterocycles. The van der Waals surface area contributed by atoms with Gasteiger partial charge in [-0.25, -0.2) is 9.67 Å². The number of carbonyl (C=O) groups excluding carboxylic acids is 1. The Kier molecular flexibility index (Phi) is 4.48. The van der Waals surface area contributed by atoms with Crippen LogP contribution in [-0.2, 0) is 0 Å². The van der Waals surface area contributed by atoms with Gasteiger partial charge in [0.25, 0.3) is 5.91 Å². The number of ether oxygens (including phenoxy) is 1.